The largest absolute Gasteiger partial charge is 0.463 e. The fourth-order valence-corrected chi connectivity index (χ4v) is 7.96. The molecule has 2 aromatic rings. The van der Waals surface area contributed by atoms with Crippen LogP contribution in [-0.2, 0) is 33.7 Å². The van der Waals surface area contributed by atoms with E-state index in [1.807, 2.05) is 6.92 Å². The quantitative estimate of drug-likeness (QED) is 0.304. The van der Waals surface area contributed by atoms with Crippen molar-refractivity contribution in [3.8, 4) is 18.4 Å². The number of nitrogens with zero attached hydrogens (tertiary/aromatic N) is 5. The van der Waals surface area contributed by atoms with Crippen LogP contribution in [0.25, 0.3) is 0 Å². The van der Waals surface area contributed by atoms with Gasteiger partial charge in [0, 0.05) is 69.3 Å². The number of hydrogen-bond acceptors (Lipinski definition) is 10. The predicted molar refractivity (Wildman–Crippen MR) is 182 cm³/mol. The Morgan fingerprint density at radius 3 is 2.78 bits per heavy atom. The van der Waals surface area contributed by atoms with Crippen LogP contribution in [0.4, 0.5) is 10.2 Å². The van der Waals surface area contributed by atoms with Gasteiger partial charge in [0.15, 0.2) is 0 Å². The monoisotopic (exact) mass is 674 g/mol. The summed E-state index contributed by atoms with van der Waals surface area (Å²) in [4.78, 5) is 29.2. The molecule has 2 N–H and O–H groups in total. The second kappa shape index (κ2) is 14.0. The minimum absolute atomic E-state index is 0.0758. The Morgan fingerprint density at radius 2 is 2.02 bits per heavy atom. The summed E-state index contributed by atoms with van der Waals surface area (Å²) in [5, 5.41) is 14.3. The van der Waals surface area contributed by atoms with Crippen molar-refractivity contribution in [2.75, 3.05) is 77.2 Å². The van der Waals surface area contributed by atoms with Gasteiger partial charge in [-0.25, -0.2) is 4.39 Å². The first-order chi connectivity index (χ1) is 23.7. The molecule has 5 aliphatic rings. The van der Waals surface area contributed by atoms with E-state index in [0.29, 0.717) is 71.3 Å². The maximum Gasteiger partial charge on any atom is 0.318 e. The summed E-state index contributed by atoms with van der Waals surface area (Å²) in [5.74, 6) is 2.72. The minimum atomic E-state index is -0.969. The fraction of sp³-hybridized carbons (Fsp3) is 0.595. The maximum atomic E-state index is 15.0. The first-order valence-corrected chi connectivity index (χ1v) is 17.5. The number of amides is 1. The normalized spacial score (nSPS) is 26.9. The number of halogens is 1. The number of terminal acetylenes is 1. The van der Waals surface area contributed by atoms with Crippen LogP contribution in [0.1, 0.15) is 60.2 Å². The second-order valence-corrected chi connectivity index (χ2v) is 14.6. The van der Waals surface area contributed by atoms with Crippen molar-refractivity contribution in [3.63, 3.8) is 0 Å². The number of carbonyl (C=O) groups is 1. The van der Waals surface area contributed by atoms with E-state index in [4.69, 9.17) is 30.6 Å². The number of rotatable bonds is 9. The van der Waals surface area contributed by atoms with Crippen molar-refractivity contribution in [1.29, 1.82) is 0 Å². The molecule has 0 bridgehead atoms. The number of benzene rings is 1. The fourth-order valence-electron chi connectivity index (χ4n) is 7.96. The molecule has 49 heavy (non-hydrogen) atoms. The molecule has 2 aliphatic carbocycles. The Balaban J connectivity index is 1.20. The summed E-state index contributed by atoms with van der Waals surface area (Å²) in [6.45, 7) is 13.4. The molecule has 0 spiro atoms. The Bertz CT molecular complexity index is 1620. The zero-order chi connectivity index (χ0) is 34.2. The van der Waals surface area contributed by atoms with Crippen LogP contribution in [0, 0.1) is 23.6 Å². The first-order valence-electron chi connectivity index (χ1n) is 17.5. The van der Waals surface area contributed by atoms with E-state index in [9.17, 15) is 9.90 Å². The van der Waals surface area contributed by atoms with Crippen LogP contribution in [0.15, 0.2) is 24.8 Å². The van der Waals surface area contributed by atoms with E-state index < -0.39 is 11.4 Å². The molecule has 12 heteroatoms. The number of ether oxygens (including phenoxy) is 3. The smallest absolute Gasteiger partial charge is 0.318 e. The highest BCUT2D eigenvalue weighted by Crippen LogP contribution is 2.47. The van der Waals surface area contributed by atoms with Crippen molar-refractivity contribution < 1.29 is 28.5 Å². The number of hydrogen-bond donors (Lipinski definition) is 2. The van der Waals surface area contributed by atoms with E-state index in [1.165, 1.54) is 12.1 Å². The molecule has 7 rings (SSSR count). The topological polar surface area (TPSA) is 113 Å². The molecule has 1 saturated carbocycles. The summed E-state index contributed by atoms with van der Waals surface area (Å²) in [6.07, 6.45) is 10.8. The number of anilines is 1. The van der Waals surface area contributed by atoms with Crippen molar-refractivity contribution in [1.82, 2.24) is 25.1 Å². The highest BCUT2D eigenvalue weighted by Gasteiger charge is 2.46. The van der Waals surface area contributed by atoms with Gasteiger partial charge < -0.3 is 29.5 Å². The molecular formula is C37H47FN6O5. The summed E-state index contributed by atoms with van der Waals surface area (Å²) in [6, 6.07) is 2.95. The van der Waals surface area contributed by atoms with E-state index in [2.05, 4.69) is 32.5 Å². The Hall–Kier alpha value is -3.60. The van der Waals surface area contributed by atoms with Crippen molar-refractivity contribution in [3.05, 3.63) is 58.6 Å². The van der Waals surface area contributed by atoms with E-state index >= 15 is 4.39 Å². The lowest BCUT2D eigenvalue weighted by Crippen LogP contribution is -2.46. The zero-order valence-electron chi connectivity index (χ0n) is 28.4. The summed E-state index contributed by atoms with van der Waals surface area (Å²) in [5.41, 5.74) is 2.89. The zero-order valence-corrected chi connectivity index (χ0v) is 28.4. The molecule has 3 fully saturated rings. The second-order valence-electron chi connectivity index (χ2n) is 14.6. The van der Waals surface area contributed by atoms with Gasteiger partial charge in [0.05, 0.1) is 55.9 Å². The van der Waals surface area contributed by atoms with Crippen LogP contribution in [0.3, 0.4) is 0 Å². The molecular weight excluding hydrogens is 627 g/mol. The van der Waals surface area contributed by atoms with Gasteiger partial charge >= 0.3 is 6.01 Å². The summed E-state index contributed by atoms with van der Waals surface area (Å²) >= 11 is 0. The lowest BCUT2D eigenvalue weighted by Gasteiger charge is -2.44. The number of aromatic nitrogens is 2. The molecule has 1 aromatic heterocycles. The highest BCUT2D eigenvalue weighted by atomic mass is 19.1. The van der Waals surface area contributed by atoms with Crippen LogP contribution in [0.2, 0.25) is 0 Å². The van der Waals surface area contributed by atoms with Crippen molar-refractivity contribution >= 4 is 11.7 Å². The van der Waals surface area contributed by atoms with Crippen molar-refractivity contribution in [2.24, 2.45) is 5.41 Å². The van der Waals surface area contributed by atoms with Gasteiger partial charge in [0.25, 0.3) is 0 Å². The molecule has 2 unspecified atom stereocenters. The van der Waals surface area contributed by atoms with Crippen LogP contribution >= 0.6 is 0 Å². The van der Waals surface area contributed by atoms with E-state index in [1.54, 1.807) is 6.07 Å². The highest BCUT2D eigenvalue weighted by molar-refractivity contribution is 5.87. The average Bonchev–Trinajstić information content (AvgIpc) is 3.90. The van der Waals surface area contributed by atoms with Gasteiger partial charge in [-0.1, -0.05) is 18.6 Å². The SMILES string of the molecule is C#Cc1c(F)ccc2c1C(N1CCc3c(nc(OCC4(CN5CCOCC5)CC4)nc3N3CCOC[C@H](NC(=O)C=C)C3)C1)CC(C)(O)C2. The third-order valence-corrected chi connectivity index (χ3v) is 10.7. The van der Waals surface area contributed by atoms with Crippen molar-refractivity contribution in [2.45, 2.75) is 63.3 Å². The molecule has 11 nitrogen and oxygen atoms in total. The van der Waals surface area contributed by atoms with Gasteiger partial charge in [-0.2, -0.15) is 9.97 Å². The number of morpholine rings is 1. The molecule has 2 saturated heterocycles. The lowest BCUT2D eigenvalue weighted by molar-refractivity contribution is -0.117. The number of carbonyl (C=O) groups excluding carboxylic acids is 1. The Labute approximate surface area is 287 Å². The molecule has 262 valence electrons. The third kappa shape index (κ3) is 7.47. The molecule has 1 amide bonds. The molecule has 0 radical (unpaired) electrons. The van der Waals surface area contributed by atoms with Crippen LogP contribution < -0.4 is 15.0 Å². The lowest BCUT2D eigenvalue weighted by atomic mass is 9.75. The minimum Gasteiger partial charge on any atom is -0.463 e. The van der Waals surface area contributed by atoms with Crippen LogP contribution in [0.5, 0.6) is 6.01 Å². The molecule has 3 atom stereocenters. The van der Waals surface area contributed by atoms with Gasteiger partial charge in [0.1, 0.15) is 11.6 Å². The summed E-state index contributed by atoms with van der Waals surface area (Å²) < 4.78 is 33.0. The average molecular weight is 675 g/mol. The number of aliphatic hydroxyl groups is 1. The standard InChI is InChI=1S/C37H47FN6O5/c1-4-27-29(38)7-6-25-18-36(3,46)19-31(33(25)27)43-11-8-28-30(21-43)40-35(49-24-37(9-10-37)23-42-12-15-47-16-13-42)41-34(28)44-14-17-48-22-26(20-44)39-32(45)5-2/h1,5-7,26,31,46H,2,8-24H2,3H3,(H,39,45)/t26-,31?,36?/m1/s1. The maximum absolute atomic E-state index is 15.0. The number of fused-ring (bicyclic) bond motifs is 2. The molecule has 3 aliphatic heterocycles. The molecule has 4 heterocycles. The molecule has 1 aromatic carbocycles. The van der Waals surface area contributed by atoms with Gasteiger partial charge in [-0.05, 0) is 55.9 Å². The van der Waals surface area contributed by atoms with Crippen LogP contribution in [-0.4, -0.2) is 115 Å². The van der Waals surface area contributed by atoms with E-state index in [0.717, 1.165) is 73.9 Å². The van der Waals surface area contributed by atoms with Gasteiger partial charge in [0.2, 0.25) is 5.91 Å². The first kappa shape index (κ1) is 33.9. The van der Waals surface area contributed by atoms with Gasteiger partial charge in [-0.3, -0.25) is 14.6 Å². The third-order valence-electron chi connectivity index (χ3n) is 10.7. The van der Waals surface area contributed by atoms with Gasteiger partial charge in [-0.15, -0.1) is 6.42 Å². The van der Waals surface area contributed by atoms with E-state index in [-0.39, 0.29) is 29.0 Å². The summed E-state index contributed by atoms with van der Waals surface area (Å²) in [7, 11) is 0. The predicted octanol–water partition coefficient (Wildman–Crippen LogP) is 2.39. The Kier molecular flexibility index (Phi) is 9.65. The Morgan fingerprint density at radius 1 is 1.22 bits per heavy atom. The number of nitrogens with one attached hydrogen (secondary N) is 1.